The molecular weight excluding hydrogens is 268 g/mol. The first-order chi connectivity index (χ1) is 9.74. The minimum Gasteiger partial charge on any atom is -0.422 e. The fraction of sp³-hybridized carbons (Fsp3) is 0.0714. The predicted octanol–water partition coefficient (Wildman–Crippen LogP) is 0.0687. The maximum Gasteiger partial charge on any atom is 0.319 e. The van der Waals surface area contributed by atoms with Crippen LogP contribution in [0.15, 0.2) is 54.9 Å². The van der Waals surface area contributed by atoms with Crippen LogP contribution in [-0.4, -0.2) is 33.6 Å². The second-order valence-corrected chi connectivity index (χ2v) is 6.07. The Morgan fingerprint density at radius 1 is 1.00 bits per heavy atom. The molecule has 0 atom stereocenters. The zero-order valence-electron chi connectivity index (χ0n) is 10.9. The van der Waals surface area contributed by atoms with E-state index in [1.165, 1.54) is 0 Å². The van der Waals surface area contributed by atoms with E-state index >= 15 is 0 Å². The number of nitrogens with zero attached hydrogens (tertiary/aromatic N) is 4. The van der Waals surface area contributed by atoms with Gasteiger partial charge in [-0.25, -0.2) is 9.67 Å². The van der Waals surface area contributed by atoms with Crippen LogP contribution < -0.4 is 10.6 Å². The maximum atomic E-state index is 10.5. The van der Waals surface area contributed by atoms with Crippen molar-refractivity contribution in [2.45, 2.75) is 6.92 Å². The van der Waals surface area contributed by atoms with E-state index < -0.39 is 9.04 Å². The Kier molecular flexibility index (Phi) is 3.40. The van der Waals surface area contributed by atoms with Crippen molar-refractivity contribution in [3.05, 3.63) is 60.6 Å². The van der Waals surface area contributed by atoms with Crippen LogP contribution in [0.25, 0.3) is 5.82 Å². The Morgan fingerprint density at radius 3 is 2.45 bits per heavy atom. The lowest BCUT2D eigenvalue weighted by Gasteiger charge is -2.09. The van der Waals surface area contributed by atoms with Crippen LogP contribution in [0, 0.1) is 6.92 Å². The van der Waals surface area contributed by atoms with E-state index in [2.05, 4.69) is 15.1 Å². The molecule has 0 saturated heterocycles. The van der Waals surface area contributed by atoms with Crippen LogP contribution in [0.2, 0.25) is 0 Å². The highest BCUT2D eigenvalue weighted by Gasteiger charge is 2.19. The number of aryl methyl sites for hydroxylation is 1. The number of hydrogen-bond acceptors (Lipinski definition) is 4. The minimum atomic E-state index is -1.94. The zero-order chi connectivity index (χ0) is 13.9. The van der Waals surface area contributed by atoms with E-state index in [0.29, 0.717) is 16.5 Å². The summed E-state index contributed by atoms with van der Waals surface area (Å²) in [4.78, 5) is 19.3. The lowest BCUT2D eigenvalue weighted by atomic mass is 10.4. The Labute approximate surface area is 118 Å². The number of rotatable bonds is 3. The highest BCUT2D eigenvalue weighted by Crippen LogP contribution is 1.99. The number of aromatic nitrogens is 4. The Bertz CT molecular complexity index is 715. The zero-order valence-corrected chi connectivity index (χ0v) is 11.9. The van der Waals surface area contributed by atoms with Crippen molar-refractivity contribution < 1.29 is 4.80 Å². The first kappa shape index (κ1) is 12.7. The van der Waals surface area contributed by atoms with E-state index in [0.717, 1.165) is 5.69 Å². The van der Waals surface area contributed by atoms with Crippen LogP contribution in [0.1, 0.15) is 5.69 Å². The van der Waals surface area contributed by atoms with E-state index in [-0.39, 0.29) is 0 Å². The molecule has 6 heteroatoms. The second-order valence-electron chi connectivity index (χ2n) is 4.34. The van der Waals surface area contributed by atoms with Gasteiger partial charge in [-0.3, -0.25) is 4.98 Å². The molecule has 0 aromatic carbocycles. The monoisotopic (exact) mass is 281 g/mol. The molecule has 3 aromatic heterocycles. The van der Waals surface area contributed by atoms with E-state index in [1.807, 2.05) is 55.6 Å². The lowest BCUT2D eigenvalue weighted by Crippen LogP contribution is -2.46. The van der Waals surface area contributed by atoms with Crippen molar-refractivity contribution >= 4 is 19.7 Å². The van der Waals surface area contributed by atoms with Crippen molar-refractivity contribution in [1.29, 1.82) is 0 Å². The molecule has 5 nitrogen and oxygen atoms in total. The third kappa shape index (κ3) is 2.51. The summed E-state index contributed by atoms with van der Waals surface area (Å²) in [6, 6.07) is 13.0. The smallest absolute Gasteiger partial charge is 0.319 e. The van der Waals surface area contributed by atoms with Crippen LogP contribution >= 0.6 is 0 Å². The molecule has 0 saturated carbocycles. The largest absolute Gasteiger partial charge is 0.422 e. The van der Waals surface area contributed by atoms with Crippen LogP contribution in [0.4, 0.5) is 0 Å². The molecular formula is C14H13N4OSi. The Balaban J connectivity index is 1.96. The normalized spacial score (nSPS) is 10.9. The highest BCUT2D eigenvalue weighted by atomic mass is 28.3. The molecule has 1 N–H and O–H groups in total. The lowest BCUT2D eigenvalue weighted by molar-refractivity contribution is 0.597. The summed E-state index contributed by atoms with van der Waals surface area (Å²) in [5.74, 6) is 0.691. The average Bonchev–Trinajstić information content (AvgIpc) is 3.01. The molecule has 20 heavy (non-hydrogen) atoms. The molecule has 0 aliphatic rings. The van der Waals surface area contributed by atoms with Gasteiger partial charge >= 0.3 is 9.04 Å². The molecule has 3 heterocycles. The van der Waals surface area contributed by atoms with Gasteiger partial charge in [0.25, 0.3) is 0 Å². The quantitative estimate of drug-likeness (QED) is 0.690. The Morgan fingerprint density at radius 2 is 1.75 bits per heavy atom. The van der Waals surface area contributed by atoms with Gasteiger partial charge in [-0.15, -0.1) is 0 Å². The number of hydrogen-bond donors (Lipinski definition) is 1. The third-order valence-electron chi connectivity index (χ3n) is 2.85. The topological polar surface area (TPSA) is 63.8 Å². The van der Waals surface area contributed by atoms with E-state index in [9.17, 15) is 4.80 Å². The van der Waals surface area contributed by atoms with Crippen molar-refractivity contribution in [2.75, 3.05) is 0 Å². The summed E-state index contributed by atoms with van der Waals surface area (Å²) in [7, 11) is -1.94. The summed E-state index contributed by atoms with van der Waals surface area (Å²) in [5, 5.41) is 5.49. The molecule has 0 aliphatic heterocycles. The first-order valence-electron chi connectivity index (χ1n) is 6.21. The van der Waals surface area contributed by atoms with Gasteiger partial charge in [0, 0.05) is 18.1 Å². The molecule has 1 radical (unpaired) electrons. The van der Waals surface area contributed by atoms with Gasteiger partial charge in [0.2, 0.25) is 0 Å². The molecule has 0 unspecified atom stereocenters. The molecule has 3 aromatic rings. The first-order valence-corrected chi connectivity index (χ1v) is 7.66. The van der Waals surface area contributed by atoms with Gasteiger partial charge in [-0.1, -0.05) is 12.1 Å². The van der Waals surface area contributed by atoms with Crippen LogP contribution in [-0.2, 0) is 0 Å². The summed E-state index contributed by atoms with van der Waals surface area (Å²) in [6.07, 6.45) is 3.52. The predicted molar refractivity (Wildman–Crippen MR) is 77.6 cm³/mol. The van der Waals surface area contributed by atoms with Crippen LogP contribution in [0.5, 0.6) is 0 Å². The molecule has 3 rings (SSSR count). The maximum absolute atomic E-state index is 10.5. The van der Waals surface area contributed by atoms with Gasteiger partial charge in [0.05, 0.1) is 10.6 Å². The van der Waals surface area contributed by atoms with E-state index in [1.54, 1.807) is 10.9 Å². The Hall–Kier alpha value is -2.31. The van der Waals surface area contributed by atoms with Crippen molar-refractivity contribution in [2.24, 2.45) is 0 Å². The summed E-state index contributed by atoms with van der Waals surface area (Å²) in [5.41, 5.74) is 0.891. The van der Waals surface area contributed by atoms with Gasteiger partial charge in [0.15, 0.2) is 5.82 Å². The third-order valence-corrected chi connectivity index (χ3v) is 4.37. The fourth-order valence-electron chi connectivity index (χ4n) is 1.89. The number of pyridine rings is 2. The SMILES string of the molecule is Cc1cccc([Si](O)c2cccc(-n3cccn3)n2)n1. The van der Waals surface area contributed by atoms with E-state index in [4.69, 9.17) is 0 Å². The van der Waals surface area contributed by atoms with Gasteiger partial charge < -0.3 is 4.80 Å². The summed E-state index contributed by atoms with van der Waals surface area (Å²) >= 11 is 0. The molecule has 0 spiro atoms. The highest BCUT2D eigenvalue weighted by molar-refractivity contribution is 6.77. The van der Waals surface area contributed by atoms with Crippen LogP contribution in [0.3, 0.4) is 0 Å². The molecule has 0 bridgehead atoms. The minimum absolute atomic E-state index is 0.654. The average molecular weight is 281 g/mol. The van der Waals surface area contributed by atoms with Gasteiger partial charge in [0.1, 0.15) is 0 Å². The molecule has 0 amide bonds. The molecule has 0 fully saturated rings. The van der Waals surface area contributed by atoms with Crippen molar-refractivity contribution in [3.63, 3.8) is 0 Å². The molecule has 0 aliphatic carbocycles. The summed E-state index contributed by atoms with van der Waals surface area (Å²) in [6.45, 7) is 1.91. The summed E-state index contributed by atoms with van der Waals surface area (Å²) < 4.78 is 1.67. The van der Waals surface area contributed by atoms with Gasteiger partial charge in [-0.2, -0.15) is 5.10 Å². The van der Waals surface area contributed by atoms with Crippen molar-refractivity contribution in [1.82, 2.24) is 19.7 Å². The second kappa shape index (κ2) is 5.36. The van der Waals surface area contributed by atoms with Gasteiger partial charge in [-0.05, 0) is 37.3 Å². The molecule has 99 valence electrons. The van der Waals surface area contributed by atoms with Crippen molar-refractivity contribution in [3.8, 4) is 5.82 Å². The fourth-order valence-corrected chi connectivity index (χ4v) is 3.17. The standard InChI is InChI=1S/C14H13N4OSi/c1-11-5-2-7-13(16-11)20(19)14-8-3-6-12(17-14)18-10-4-9-15-18/h2-10,19H,1H3.